The standard InChI is InChI=1S/C6H13O8P/c1-4(8)6(14-15(10,11)12)13-3-5(9)2-7/h5-7,9H,2-3H2,1H3,(H2,10,11,12)/t5-,6?/m0/s1. The molecule has 15 heavy (non-hydrogen) atoms. The fourth-order valence-electron chi connectivity index (χ4n) is 0.598. The van der Waals surface area contributed by atoms with Crippen molar-refractivity contribution in [2.24, 2.45) is 0 Å². The number of phosphoric ester groups is 1. The summed E-state index contributed by atoms with van der Waals surface area (Å²) in [5, 5.41) is 17.3. The average molecular weight is 244 g/mol. The molecule has 4 N–H and O–H groups in total. The molecule has 0 fully saturated rings. The van der Waals surface area contributed by atoms with Gasteiger partial charge in [0, 0.05) is 0 Å². The van der Waals surface area contributed by atoms with E-state index in [4.69, 9.17) is 20.0 Å². The molecule has 0 rings (SSSR count). The van der Waals surface area contributed by atoms with Gasteiger partial charge in [0.2, 0.25) is 6.29 Å². The Morgan fingerprint density at radius 1 is 1.47 bits per heavy atom. The molecule has 1 unspecified atom stereocenters. The van der Waals surface area contributed by atoms with Crippen molar-refractivity contribution in [2.75, 3.05) is 13.2 Å². The van der Waals surface area contributed by atoms with Crippen LogP contribution in [0.3, 0.4) is 0 Å². The second kappa shape index (κ2) is 6.29. The van der Waals surface area contributed by atoms with Crippen molar-refractivity contribution < 1.29 is 38.6 Å². The highest BCUT2D eigenvalue weighted by Gasteiger charge is 2.26. The molecule has 90 valence electrons. The molecular weight excluding hydrogens is 231 g/mol. The monoisotopic (exact) mass is 244 g/mol. The molecule has 0 bridgehead atoms. The van der Waals surface area contributed by atoms with Crippen LogP contribution in [0.2, 0.25) is 0 Å². The molecule has 0 aliphatic heterocycles. The fourth-order valence-corrected chi connectivity index (χ4v) is 1.06. The van der Waals surface area contributed by atoms with Gasteiger partial charge in [-0.3, -0.25) is 4.79 Å². The van der Waals surface area contributed by atoms with E-state index in [1.54, 1.807) is 0 Å². The molecule has 8 nitrogen and oxygen atoms in total. The van der Waals surface area contributed by atoms with Crippen molar-refractivity contribution in [1.29, 1.82) is 0 Å². The average Bonchev–Trinajstić information content (AvgIpc) is 2.09. The van der Waals surface area contributed by atoms with E-state index in [-0.39, 0.29) is 0 Å². The minimum atomic E-state index is -4.83. The summed E-state index contributed by atoms with van der Waals surface area (Å²) in [6.07, 6.45) is -3.00. The van der Waals surface area contributed by atoms with Crippen LogP contribution in [0.15, 0.2) is 0 Å². The molecule has 0 aliphatic rings. The summed E-state index contributed by atoms with van der Waals surface area (Å²) in [5.41, 5.74) is 0. The molecule has 0 amide bonds. The number of aliphatic hydroxyl groups excluding tert-OH is 2. The van der Waals surface area contributed by atoms with Gasteiger partial charge in [-0.1, -0.05) is 0 Å². The molecule has 0 aliphatic carbocycles. The number of aliphatic hydroxyl groups is 2. The van der Waals surface area contributed by atoms with Gasteiger partial charge in [0.25, 0.3) is 0 Å². The normalized spacial score (nSPS) is 16.1. The van der Waals surface area contributed by atoms with Gasteiger partial charge >= 0.3 is 7.82 Å². The highest BCUT2D eigenvalue weighted by atomic mass is 31.2. The summed E-state index contributed by atoms with van der Waals surface area (Å²) >= 11 is 0. The summed E-state index contributed by atoms with van der Waals surface area (Å²) in [6.45, 7) is -0.0626. The van der Waals surface area contributed by atoms with Crippen LogP contribution < -0.4 is 0 Å². The number of hydrogen-bond acceptors (Lipinski definition) is 6. The molecule has 0 spiro atoms. The topological polar surface area (TPSA) is 134 Å². The first-order chi connectivity index (χ1) is 6.76. The first-order valence-corrected chi connectivity index (χ1v) is 5.44. The van der Waals surface area contributed by atoms with Crippen molar-refractivity contribution >= 4 is 13.6 Å². The summed E-state index contributed by atoms with van der Waals surface area (Å²) in [4.78, 5) is 27.6. The zero-order chi connectivity index (χ0) is 12.1. The predicted molar refractivity (Wildman–Crippen MR) is 46.6 cm³/mol. The summed E-state index contributed by atoms with van der Waals surface area (Å²) in [6, 6.07) is 0. The lowest BCUT2D eigenvalue weighted by atomic mass is 10.4. The highest BCUT2D eigenvalue weighted by molar-refractivity contribution is 7.46. The Hall–Kier alpha value is -0.340. The quantitative estimate of drug-likeness (QED) is 0.310. The lowest BCUT2D eigenvalue weighted by molar-refractivity contribution is -0.157. The van der Waals surface area contributed by atoms with E-state index in [1.165, 1.54) is 0 Å². The van der Waals surface area contributed by atoms with Crippen molar-refractivity contribution in [2.45, 2.75) is 19.3 Å². The second-order valence-electron chi connectivity index (χ2n) is 2.71. The van der Waals surface area contributed by atoms with Crippen LogP contribution in [-0.2, 0) is 18.6 Å². The van der Waals surface area contributed by atoms with E-state index >= 15 is 0 Å². The van der Waals surface area contributed by atoms with Crippen LogP contribution in [0.4, 0.5) is 0 Å². The Balaban J connectivity index is 4.18. The lowest BCUT2D eigenvalue weighted by Gasteiger charge is -2.17. The van der Waals surface area contributed by atoms with Crippen LogP contribution in [0.1, 0.15) is 6.92 Å². The molecule has 0 aromatic carbocycles. The van der Waals surface area contributed by atoms with Crippen LogP contribution in [0.25, 0.3) is 0 Å². The van der Waals surface area contributed by atoms with Gasteiger partial charge in [0.15, 0.2) is 5.78 Å². The third-order valence-corrected chi connectivity index (χ3v) is 1.68. The third kappa shape index (κ3) is 7.57. The molecular formula is C6H13O8P. The third-order valence-electron chi connectivity index (χ3n) is 1.22. The number of carbonyl (C=O) groups excluding carboxylic acids is 1. The number of hydrogen-bond donors (Lipinski definition) is 4. The van der Waals surface area contributed by atoms with Gasteiger partial charge in [0.05, 0.1) is 13.2 Å². The van der Waals surface area contributed by atoms with Gasteiger partial charge in [-0.15, -0.1) is 0 Å². The number of Topliss-reactive ketones (excluding diaryl/α,β-unsaturated/α-hetero) is 1. The van der Waals surface area contributed by atoms with Gasteiger partial charge in [-0.2, -0.15) is 0 Å². The zero-order valence-corrected chi connectivity index (χ0v) is 8.83. The molecule has 0 aromatic rings. The minimum absolute atomic E-state index is 0.471. The molecule has 0 aromatic heterocycles. The molecule has 2 atom stereocenters. The van der Waals surface area contributed by atoms with Crippen LogP contribution in [-0.4, -0.2) is 51.4 Å². The Bertz CT molecular complexity index is 248. The van der Waals surface area contributed by atoms with Crippen molar-refractivity contribution in [3.05, 3.63) is 0 Å². The number of carbonyl (C=O) groups is 1. The van der Waals surface area contributed by atoms with E-state index in [2.05, 4.69) is 9.26 Å². The Morgan fingerprint density at radius 2 is 2.00 bits per heavy atom. The highest BCUT2D eigenvalue weighted by Crippen LogP contribution is 2.37. The van der Waals surface area contributed by atoms with E-state index in [9.17, 15) is 9.36 Å². The summed E-state index contributed by atoms with van der Waals surface area (Å²) in [7, 11) is -4.83. The number of ketones is 1. The van der Waals surface area contributed by atoms with Crippen molar-refractivity contribution in [3.63, 3.8) is 0 Å². The maximum Gasteiger partial charge on any atom is 0.472 e. The predicted octanol–water partition coefficient (Wildman–Crippen LogP) is -1.62. The first kappa shape index (κ1) is 14.7. The molecule has 0 radical (unpaired) electrons. The Labute approximate surface area is 85.7 Å². The van der Waals surface area contributed by atoms with Gasteiger partial charge < -0.3 is 24.7 Å². The summed E-state index contributed by atoms with van der Waals surface area (Å²) < 4.78 is 18.9. The number of rotatable bonds is 7. The van der Waals surface area contributed by atoms with E-state index in [0.29, 0.717) is 0 Å². The van der Waals surface area contributed by atoms with E-state index in [1.807, 2.05) is 0 Å². The maximum atomic E-state index is 10.8. The van der Waals surface area contributed by atoms with E-state index in [0.717, 1.165) is 6.92 Å². The Morgan fingerprint density at radius 3 is 2.33 bits per heavy atom. The summed E-state index contributed by atoms with van der Waals surface area (Å²) in [5.74, 6) is -0.761. The van der Waals surface area contributed by atoms with Gasteiger partial charge in [-0.25, -0.2) is 9.09 Å². The molecule has 0 saturated heterocycles. The van der Waals surface area contributed by atoms with Crippen molar-refractivity contribution in [3.8, 4) is 0 Å². The van der Waals surface area contributed by atoms with Crippen molar-refractivity contribution in [1.82, 2.24) is 0 Å². The van der Waals surface area contributed by atoms with Crippen LogP contribution in [0.5, 0.6) is 0 Å². The van der Waals surface area contributed by atoms with Crippen LogP contribution in [0, 0.1) is 0 Å². The number of ether oxygens (including phenoxy) is 1. The molecule has 0 saturated carbocycles. The Kier molecular flexibility index (Phi) is 6.15. The molecule has 0 heterocycles. The van der Waals surface area contributed by atoms with Crippen LogP contribution >= 0.6 is 7.82 Å². The SMILES string of the molecule is CC(=O)C(OC[C@@H](O)CO)OP(=O)(O)O. The van der Waals surface area contributed by atoms with Gasteiger partial charge in [0.1, 0.15) is 6.10 Å². The largest absolute Gasteiger partial charge is 0.472 e. The van der Waals surface area contributed by atoms with Gasteiger partial charge in [-0.05, 0) is 6.92 Å². The second-order valence-corrected chi connectivity index (χ2v) is 3.90. The first-order valence-electron chi connectivity index (χ1n) is 3.91. The van der Waals surface area contributed by atoms with E-state index < -0.39 is 39.2 Å². The maximum absolute atomic E-state index is 10.8. The lowest BCUT2D eigenvalue weighted by Crippen LogP contribution is -2.30. The fraction of sp³-hybridized carbons (Fsp3) is 0.833. The molecule has 9 heteroatoms. The zero-order valence-electron chi connectivity index (χ0n) is 7.94. The smallest absolute Gasteiger partial charge is 0.394 e. The minimum Gasteiger partial charge on any atom is -0.394 e. The number of phosphoric acid groups is 1.